The number of anilines is 3. The SMILES string of the molecule is C=C(/C(F)=C\N=C(/N)c1nnn(-c2ccc(Nc3cc(N(C)C)cc(C(F)(F)F)c3)cn2)c1C)N1CCOCC1. The van der Waals surface area contributed by atoms with Gasteiger partial charge in [0.05, 0.1) is 48.3 Å². The Balaban J connectivity index is 1.50. The predicted molar refractivity (Wildman–Crippen MR) is 144 cm³/mol. The largest absolute Gasteiger partial charge is 0.416 e. The molecule has 10 nitrogen and oxygen atoms in total. The van der Waals surface area contributed by atoms with E-state index in [1.807, 2.05) is 0 Å². The lowest BCUT2D eigenvalue weighted by Crippen LogP contribution is -2.35. The summed E-state index contributed by atoms with van der Waals surface area (Å²) in [6, 6.07) is 6.98. The summed E-state index contributed by atoms with van der Waals surface area (Å²) >= 11 is 0. The van der Waals surface area contributed by atoms with Crippen LogP contribution >= 0.6 is 0 Å². The van der Waals surface area contributed by atoms with E-state index in [4.69, 9.17) is 10.5 Å². The normalized spacial score (nSPS) is 14.8. The third kappa shape index (κ3) is 6.57. The third-order valence-corrected chi connectivity index (χ3v) is 6.14. The van der Waals surface area contributed by atoms with Crippen molar-refractivity contribution >= 4 is 22.9 Å². The van der Waals surface area contributed by atoms with Crippen LogP contribution in [0.2, 0.25) is 0 Å². The molecule has 14 heteroatoms. The Bertz CT molecular complexity index is 1420. The second-order valence-corrected chi connectivity index (χ2v) is 9.16. The maximum atomic E-state index is 14.6. The number of hydrogen-bond donors (Lipinski definition) is 2. The molecule has 1 aliphatic heterocycles. The molecule has 3 N–H and O–H groups in total. The number of hydrogen-bond acceptors (Lipinski definition) is 8. The first kappa shape index (κ1) is 28.5. The van der Waals surface area contributed by atoms with Gasteiger partial charge in [-0.3, -0.25) is 0 Å². The molecule has 212 valence electrons. The molecule has 0 amide bonds. The van der Waals surface area contributed by atoms with E-state index in [2.05, 4.69) is 32.2 Å². The van der Waals surface area contributed by atoms with Crippen molar-refractivity contribution in [2.45, 2.75) is 13.1 Å². The first-order valence-corrected chi connectivity index (χ1v) is 12.2. The Kier molecular flexibility index (Phi) is 8.38. The highest BCUT2D eigenvalue weighted by atomic mass is 19.4. The highest BCUT2D eigenvalue weighted by Crippen LogP contribution is 2.35. The number of rotatable bonds is 8. The summed E-state index contributed by atoms with van der Waals surface area (Å²) < 4.78 is 61.3. The lowest BCUT2D eigenvalue weighted by molar-refractivity contribution is -0.137. The molecule has 4 rings (SSSR count). The molecule has 1 fully saturated rings. The Hall–Kier alpha value is -4.46. The van der Waals surface area contributed by atoms with Gasteiger partial charge in [-0.05, 0) is 37.3 Å². The number of ether oxygens (including phenoxy) is 1. The lowest BCUT2D eigenvalue weighted by Gasteiger charge is -2.29. The molecule has 3 heterocycles. The van der Waals surface area contributed by atoms with Gasteiger partial charge in [-0.15, -0.1) is 5.10 Å². The van der Waals surface area contributed by atoms with Gasteiger partial charge < -0.3 is 25.6 Å². The molecule has 3 aromatic rings. The van der Waals surface area contributed by atoms with E-state index in [1.54, 1.807) is 49.0 Å². The van der Waals surface area contributed by atoms with Crippen LogP contribution in [0.15, 0.2) is 65.8 Å². The fourth-order valence-electron chi connectivity index (χ4n) is 3.89. The van der Waals surface area contributed by atoms with Gasteiger partial charge in [-0.2, -0.15) is 17.9 Å². The van der Waals surface area contributed by atoms with Gasteiger partial charge in [0.2, 0.25) is 0 Å². The van der Waals surface area contributed by atoms with Crippen LogP contribution in [0.4, 0.5) is 34.6 Å². The number of aliphatic imine (C=N–C) groups is 1. The molecule has 1 aliphatic rings. The molecule has 1 saturated heterocycles. The quantitative estimate of drug-likeness (QED) is 0.183. The predicted octanol–water partition coefficient (Wildman–Crippen LogP) is 4.16. The lowest BCUT2D eigenvalue weighted by atomic mass is 10.1. The summed E-state index contributed by atoms with van der Waals surface area (Å²) in [5, 5.41) is 11.1. The smallest absolute Gasteiger partial charge is 0.382 e. The number of morpholine rings is 1. The maximum absolute atomic E-state index is 14.6. The van der Waals surface area contributed by atoms with Crippen molar-refractivity contribution in [1.82, 2.24) is 24.9 Å². The number of pyridine rings is 1. The molecular formula is C26H29F4N9O. The van der Waals surface area contributed by atoms with E-state index in [0.29, 0.717) is 49.2 Å². The van der Waals surface area contributed by atoms with Crippen LogP contribution in [-0.4, -0.2) is 71.1 Å². The summed E-state index contributed by atoms with van der Waals surface area (Å²) in [5.41, 5.74) is 7.34. The van der Waals surface area contributed by atoms with Crippen molar-refractivity contribution in [2.24, 2.45) is 10.7 Å². The summed E-state index contributed by atoms with van der Waals surface area (Å²) in [6.07, 6.45) is -2.05. The molecule has 1 aromatic carbocycles. The standard InChI is InChI=1S/C26H29F4N9O/c1-16(38-7-9-40-10-8-38)22(27)15-33-25(31)24-17(2)39(36-35-24)23-6-5-19(14-32-23)34-20-11-18(26(28,29)30)12-21(13-20)37(3)4/h5-6,11-15,34H,1,7-10H2,2-4H3,(H2,31,33)/b22-15+. The van der Waals surface area contributed by atoms with Crippen LogP contribution in [0.25, 0.3) is 5.82 Å². The van der Waals surface area contributed by atoms with E-state index in [9.17, 15) is 17.6 Å². The number of nitrogens with zero attached hydrogens (tertiary/aromatic N) is 7. The number of nitrogens with two attached hydrogens (primary N) is 1. The first-order chi connectivity index (χ1) is 18.9. The van der Waals surface area contributed by atoms with Crippen LogP contribution in [0.1, 0.15) is 17.0 Å². The van der Waals surface area contributed by atoms with Crippen LogP contribution in [-0.2, 0) is 10.9 Å². The molecular weight excluding hydrogens is 530 g/mol. The second kappa shape index (κ2) is 11.7. The molecule has 2 aromatic heterocycles. The van der Waals surface area contributed by atoms with Crippen molar-refractivity contribution in [3.05, 3.63) is 77.8 Å². The van der Waals surface area contributed by atoms with Crippen molar-refractivity contribution in [3.63, 3.8) is 0 Å². The highest BCUT2D eigenvalue weighted by Gasteiger charge is 2.31. The topological polar surface area (TPSA) is 110 Å². The van der Waals surface area contributed by atoms with Gasteiger partial charge in [0.1, 0.15) is 0 Å². The first-order valence-electron chi connectivity index (χ1n) is 12.2. The van der Waals surface area contributed by atoms with E-state index >= 15 is 0 Å². The fraction of sp³-hybridized carbons (Fsp3) is 0.308. The highest BCUT2D eigenvalue weighted by molar-refractivity contribution is 5.97. The monoisotopic (exact) mass is 559 g/mol. The summed E-state index contributed by atoms with van der Waals surface area (Å²) in [4.78, 5) is 11.7. The molecule has 0 saturated carbocycles. The van der Waals surface area contributed by atoms with Crippen LogP contribution < -0.4 is 16.0 Å². The van der Waals surface area contributed by atoms with E-state index in [1.165, 1.54) is 10.9 Å². The third-order valence-electron chi connectivity index (χ3n) is 6.14. The number of alkyl halides is 3. The van der Waals surface area contributed by atoms with Gasteiger partial charge in [-0.1, -0.05) is 11.8 Å². The van der Waals surface area contributed by atoms with Crippen LogP contribution in [0, 0.1) is 6.92 Å². The number of allylic oxidation sites excluding steroid dienone is 1. The Morgan fingerprint density at radius 1 is 1.18 bits per heavy atom. The van der Waals surface area contributed by atoms with Crippen LogP contribution in [0.5, 0.6) is 0 Å². The summed E-state index contributed by atoms with van der Waals surface area (Å²) in [6.45, 7) is 7.52. The van der Waals surface area contributed by atoms with Gasteiger partial charge in [0, 0.05) is 38.6 Å². The zero-order valence-corrected chi connectivity index (χ0v) is 22.2. The minimum atomic E-state index is -4.49. The summed E-state index contributed by atoms with van der Waals surface area (Å²) in [7, 11) is 3.33. The number of halogens is 4. The average Bonchev–Trinajstić information content (AvgIpc) is 3.32. The number of amidine groups is 1. The minimum Gasteiger partial charge on any atom is -0.382 e. The molecule has 0 radical (unpaired) electrons. The van der Waals surface area contributed by atoms with Gasteiger partial charge >= 0.3 is 6.18 Å². The Morgan fingerprint density at radius 2 is 1.90 bits per heavy atom. The summed E-state index contributed by atoms with van der Waals surface area (Å²) in [5.74, 6) is -0.290. The van der Waals surface area contributed by atoms with E-state index in [-0.39, 0.29) is 22.9 Å². The van der Waals surface area contributed by atoms with Crippen LogP contribution in [0.3, 0.4) is 0 Å². The van der Waals surface area contributed by atoms with Gasteiger partial charge in [-0.25, -0.2) is 14.4 Å². The minimum absolute atomic E-state index is 0.0480. The molecule has 0 atom stereocenters. The fourth-order valence-corrected chi connectivity index (χ4v) is 3.89. The van der Waals surface area contributed by atoms with E-state index in [0.717, 1.165) is 18.3 Å². The molecule has 40 heavy (non-hydrogen) atoms. The maximum Gasteiger partial charge on any atom is 0.416 e. The number of benzene rings is 1. The van der Waals surface area contributed by atoms with Crippen molar-refractivity contribution in [1.29, 1.82) is 0 Å². The average molecular weight is 560 g/mol. The molecule has 0 unspecified atom stereocenters. The van der Waals surface area contributed by atoms with Gasteiger partial charge in [0.15, 0.2) is 23.2 Å². The van der Waals surface area contributed by atoms with Crippen molar-refractivity contribution in [3.8, 4) is 5.82 Å². The zero-order chi connectivity index (χ0) is 29.0. The molecule has 0 bridgehead atoms. The second-order valence-electron chi connectivity index (χ2n) is 9.16. The van der Waals surface area contributed by atoms with Gasteiger partial charge in [0.25, 0.3) is 0 Å². The number of nitrogens with one attached hydrogen (secondary N) is 1. The van der Waals surface area contributed by atoms with Crippen molar-refractivity contribution < 1.29 is 22.3 Å². The molecule has 0 spiro atoms. The zero-order valence-electron chi connectivity index (χ0n) is 22.2. The molecule has 0 aliphatic carbocycles. The Labute approximate surface area is 228 Å². The van der Waals surface area contributed by atoms with E-state index < -0.39 is 17.6 Å². The van der Waals surface area contributed by atoms with Crippen molar-refractivity contribution in [2.75, 3.05) is 50.6 Å². The Morgan fingerprint density at radius 3 is 2.52 bits per heavy atom. The number of aromatic nitrogens is 4.